The zero-order valence-electron chi connectivity index (χ0n) is 11.1. The smallest absolute Gasteiger partial charge is 0.338 e. The van der Waals surface area contributed by atoms with Crippen LogP contribution in [0.3, 0.4) is 0 Å². The molecule has 0 aliphatic carbocycles. The molecule has 8 heteroatoms. The van der Waals surface area contributed by atoms with Crippen LogP contribution in [0.25, 0.3) is 0 Å². The van der Waals surface area contributed by atoms with Crippen molar-refractivity contribution in [1.29, 1.82) is 0 Å². The number of hydrogen-bond acceptors (Lipinski definition) is 6. The Morgan fingerprint density at radius 2 is 2.19 bits per heavy atom. The molecule has 0 aliphatic rings. The second-order valence-electron chi connectivity index (χ2n) is 3.70. The summed E-state index contributed by atoms with van der Waals surface area (Å²) in [5.41, 5.74) is -0.434. The molecule has 0 aromatic heterocycles. The van der Waals surface area contributed by atoms with Crippen molar-refractivity contribution >= 4 is 17.6 Å². The first kappa shape index (κ1) is 16.0. The molecule has 0 saturated heterocycles. The number of rotatable bonds is 6. The molecule has 1 aromatic rings. The third kappa shape index (κ3) is 4.50. The Kier molecular flexibility index (Phi) is 5.70. The fourth-order valence-corrected chi connectivity index (χ4v) is 1.37. The number of ether oxygens (including phenoxy) is 2. The first-order valence-electron chi connectivity index (χ1n) is 5.69. The van der Waals surface area contributed by atoms with Crippen LogP contribution in [0.1, 0.15) is 10.4 Å². The van der Waals surface area contributed by atoms with E-state index in [1.165, 1.54) is 12.1 Å². The predicted molar refractivity (Wildman–Crippen MR) is 71.8 cm³/mol. The highest BCUT2D eigenvalue weighted by molar-refractivity contribution is 5.90. The lowest BCUT2D eigenvalue weighted by Gasteiger charge is -2.07. The van der Waals surface area contributed by atoms with Gasteiger partial charge in [0, 0.05) is 6.07 Å². The number of esters is 1. The molecule has 1 aromatic carbocycles. The maximum atomic E-state index is 11.3. The molecule has 21 heavy (non-hydrogen) atoms. The lowest BCUT2D eigenvalue weighted by Crippen LogP contribution is -2.29. The van der Waals surface area contributed by atoms with Crippen molar-refractivity contribution in [3.8, 4) is 18.1 Å². The topological polar surface area (TPSA) is 108 Å². The van der Waals surface area contributed by atoms with E-state index < -0.39 is 29.1 Å². The molecule has 0 bridgehead atoms. The van der Waals surface area contributed by atoms with Gasteiger partial charge in [-0.05, 0) is 12.1 Å². The summed E-state index contributed by atoms with van der Waals surface area (Å²) in [6, 6.07) is 3.53. The van der Waals surface area contributed by atoms with Gasteiger partial charge in [0.2, 0.25) is 0 Å². The summed E-state index contributed by atoms with van der Waals surface area (Å²) in [7, 11) is 1.16. The molecule has 0 atom stereocenters. The number of methoxy groups -OCH3 is 1. The van der Waals surface area contributed by atoms with E-state index in [-0.39, 0.29) is 17.9 Å². The van der Waals surface area contributed by atoms with Crippen molar-refractivity contribution in [2.24, 2.45) is 0 Å². The number of nitrogens with one attached hydrogen (secondary N) is 1. The SMILES string of the molecule is C#CCNC(=O)COc1ccc(C(=O)OC)cc1[N+](=O)[O-]. The van der Waals surface area contributed by atoms with E-state index in [4.69, 9.17) is 11.2 Å². The Bertz CT molecular complexity index is 605. The van der Waals surface area contributed by atoms with Gasteiger partial charge in [0.25, 0.3) is 5.91 Å². The lowest BCUT2D eigenvalue weighted by molar-refractivity contribution is -0.385. The number of terminal acetylenes is 1. The molecule has 1 N–H and O–H groups in total. The number of nitro benzene ring substituents is 1. The van der Waals surface area contributed by atoms with E-state index in [1.807, 2.05) is 0 Å². The van der Waals surface area contributed by atoms with Crippen LogP contribution in [-0.4, -0.2) is 37.1 Å². The molecule has 1 rings (SSSR count). The fraction of sp³-hybridized carbons (Fsp3) is 0.231. The van der Waals surface area contributed by atoms with E-state index in [0.717, 1.165) is 13.2 Å². The maximum absolute atomic E-state index is 11.3. The molecule has 0 heterocycles. The second kappa shape index (κ2) is 7.49. The third-order valence-electron chi connectivity index (χ3n) is 2.32. The van der Waals surface area contributed by atoms with E-state index in [2.05, 4.69) is 16.0 Å². The third-order valence-corrected chi connectivity index (χ3v) is 2.32. The monoisotopic (exact) mass is 292 g/mol. The molecule has 0 aliphatic heterocycles. The second-order valence-corrected chi connectivity index (χ2v) is 3.70. The highest BCUT2D eigenvalue weighted by Crippen LogP contribution is 2.28. The summed E-state index contributed by atoms with van der Waals surface area (Å²) in [6.45, 7) is -0.397. The van der Waals surface area contributed by atoms with Crippen molar-refractivity contribution in [2.75, 3.05) is 20.3 Å². The summed E-state index contributed by atoms with van der Waals surface area (Å²) in [5.74, 6) is 0.844. The standard InChI is InChI=1S/C13H12N2O6/c1-3-6-14-12(16)8-21-11-5-4-9(13(17)20-2)7-10(11)15(18)19/h1,4-5,7H,6,8H2,2H3,(H,14,16). The van der Waals surface area contributed by atoms with Crippen molar-refractivity contribution in [1.82, 2.24) is 5.32 Å². The molecule has 110 valence electrons. The number of benzene rings is 1. The number of nitro groups is 1. The number of hydrogen-bond donors (Lipinski definition) is 1. The van der Waals surface area contributed by atoms with Crippen molar-refractivity contribution in [3.05, 3.63) is 33.9 Å². The molecule has 0 unspecified atom stereocenters. The van der Waals surface area contributed by atoms with Crippen LogP contribution in [0.2, 0.25) is 0 Å². The number of nitrogens with zero attached hydrogens (tertiary/aromatic N) is 1. The van der Waals surface area contributed by atoms with Gasteiger partial charge < -0.3 is 14.8 Å². The van der Waals surface area contributed by atoms with Crippen LogP contribution >= 0.6 is 0 Å². The minimum Gasteiger partial charge on any atom is -0.477 e. The van der Waals surface area contributed by atoms with E-state index in [9.17, 15) is 19.7 Å². The van der Waals surface area contributed by atoms with Gasteiger partial charge in [-0.25, -0.2) is 4.79 Å². The lowest BCUT2D eigenvalue weighted by atomic mass is 10.2. The minimum absolute atomic E-state index is 0.00772. The first-order chi connectivity index (χ1) is 9.99. The van der Waals surface area contributed by atoms with Crippen LogP contribution < -0.4 is 10.1 Å². The molecular weight excluding hydrogens is 280 g/mol. The highest BCUT2D eigenvalue weighted by Gasteiger charge is 2.19. The zero-order valence-corrected chi connectivity index (χ0v) is 11.1. The molecule has 8 nitrogen and oxygen atoms in total. The van der Waals surface area contributed by atoms with Crippen molar-refractivity contribution < 1.29 is 24.0 Å². The first-order valence-corrected chi connectivity index (χ1v) is 5.69. The Labute approximate surface area is 120 Å². The largest absolute Gasteiger partial charge is 0.477 e. The molecule has 1 amide bonds. The van der Waals surface area contributed by atoms with Gasteiger partial charge in [0.15, 0.2) is 12.4 Å². The van der Waals surface area contributed by atoms with Crippen LogP contribution in [-0.2, 0) is 9.53 Å². The van der Waals surface area contributed by atoms with Gasteiger partial charge in [-0.3, -0.25) is 14.9 Å². The molecule has 0 radical (unpaired) electrons. The van der Waals surface area contributed by atoms with Gasteiger partial charge in [-0.2, -0.15) is 0 Å². The Hall–Kier alpha value is -3.08. The van der Waals surface area contributed by atoms with Crippen LogP contribution in [0.15, 0.2) is 18.2 Å². The maximum Gasteiger partial charge on any atom is 0.338 e. The number of amides is 1. The molecular formula is C13H12N2O6. The Balaban J connectivity index is 2.87. The fourth-order valence-electron chi connectivity index (χ4n) is 1.37. The molecule has 0 spiro atoms. The average molecular weight is 292 g/mol. The summed E-state index contributed by atoms with van der Waals surface area (Å²) in [6.07, 6.45) is 4.97. The summed E-state index contributed by atoms with van der Waals surface area (Å²) >= 11 is 0. The van der Waals surface area contributed by atoms with Gasteiger partial charge in [0.05, 0.1) is 24.1 Å². The highest BCUT2D eigenvalue weighted by atomic mass is 16.6. The van der Waals surface area contributed by atoms with Gasteiger partial charge in [-0.15, -0.1) is 6.42 Å². The summed E-state index contributed by atoms with van der Waals surface area (Å²) < 4.78 is 9.52. The molecule has 0 fully saturated rings. The Morgan fingerprint density at radius 3 is 2.76 bits per heavy atom. The number of carbonyl (C=O) groups excluding carboxylic acids is 2. The number of carbonyl (C=O) groups is 2. The normalized spacial score (nSPS) is 9.33. The van der Waals surface area contributed by atoms with Gasteiger partial charge >= 0.3 is 11.7 Å². The van der Waals surface area contributed by atoms with E-state index in [0.29, 0.717) is 0 Å². The van der Waals surface area contributed by atoms with Gasteiger partial charge in [0.1, 0.15) is 0 Å². The van der Waals surface area contributed by atoms with Crippen LogP contribution in [0, 0.1) is 22.5 Å². The summed E-state index contributed by atoms with van der Waals surface area (Å²) in [4.78, 5) is 32.8. The minimum atomic E-state index is -0.721. The molecule has 0 saturated carbocycles. The average Bonchev–Trinajstić information content (AvgIpc) is 2.49. The van der Waals surface area contributed by atoms with E-state index in [1.54, 1.807) is 0 Å². The van der Waals surface area contributed by atoms with Crippen molar-refractivity contribution in [2.45, 2.75) is 0 Å². The van der Waals surface area contributed by atoms with Crippen LogP contribution in [0.5, 0.6) is 5.75 Å². The summed E-state index contributed by atoms with van der Waals surface area (Å²) in [5, 5.41) is 13.3. The van der Waals surface area contributed by atoms with Gasteiger partial charge in [-0.1, -0.05) is 5.92 Å². The van der Waals surface area contributed by atoms with Crippen molar-refractivity contribution in [3.63, 3.8) is 0 Å². The Morgan fingerprint density at radius 1 is 1.48 bits per heavy atom. The van der Waals surface area contributed by atoms with E-state index >= 15 is 0 Å². The quantitative estimate of drug-likeness (QED) is 0.354. The predicted octanol–water partition coefficient (Wildman–Crippen LogP) is 0.510. The van der Waals surface area contributed by atoms with Crippen LogP contribution in [0.4, 0.5) is 5.69 Å². The zero-order chi connectivity index (χ0) is 15.8.